The van der Waals surface area contributed by atoms with Gasteiger partial charge in [0, 0.05) is 32.5 Å². The minimum absolute atomic E-state index is 0.486. The first-order valence-electron chi connectivity index (χ1n) is 8.04. The monoisotopic (exact) mass is 300 g/mol. The van der Waals surface area contributed by atoms with Gasteiger partial charge in [-0.15, -0.1) is 0 Å². The van der Waals surface area contributed by atoms with Gasteiger partial charge in [-0.25, -0.2) is 9.67 Å². The number of aromatic nitrogens is 3. The van der Waals surface area contributed by atoms with Crippen LogP contribution in [0.25, 0.3) is 0 Å². The smallest absolute Gasteiger partial charge is 0.153 e. The van der Waals surface area contributed by atoms with Gasteiger partial charge in [0.1, 0.15) is 5.82 Å². The highest BCUT2D eigenvalue weighted by Crippen LogP contribution is 2.21. The molecule has 0 spiro atoms. The summed E-state index contributed by atoms with van der Waals surface area (Å²) in [6.07, 6.45) is 2.91. The molecule has 0 amide bonds. The molecule has 0 bridgehead atoms. The van der Waals surface area contributed by atoms with Crippen molar-refractivity contribution in [2.75, 3.05) is 26.8 Å². The molecule has 1 N–H and O–H groups in total. The average molecular weight is 300 g/mol. The van der Waals surface area contributed by atoms with E-state index in [1.165, 1.54) is 5.56 Å². The molecule has 1 fully saturated rings. The van der Waals surface area contributed by atoms with Gasteiger partial charge in [0.05, 0.1) is 6.61 Å². The second-order valence-corrected chi connectivity index (χ2v) is 5.78. The van der Waals surface area contributed by atoms with Crippen molar-refractivity contribution in [3.05, 3.63) is 47.5 Å². The SMILES string of the molecule is COCCc1nc(C2CCNC2)n(CCc2ccccc2)n1. The molecule has 0 radical (unpaired) electrons. The molecule has 1 aromatic heterocycles. The van der Waals surface area contributed by atoms with Gasteiger partial charge in [-0.05, 0) is 24.9 Å². The largest absolute Gasteiger partial charge is 0.384 e. The molecule has 0 saturated carbocycles. The van der Waals surface area contributed by atoms with E-state index in [0.717, 1.165) is 50.5 Å². The van der Waals surface area contributed by atoms with Crippen molar-refractivity contribution in [2.24, 2.45) is 0 Å². The Balaban J connectivity index is 1.73. The van der Waals surface area contributed by atoms with Crippen LogP contribution in [0.2, 0.25) is 0 Å². The molecule has 1 saturated heterocycles. The second-order valence-electron chi connectivity index (χ2n) is 5.78. The van der Waals surface area contributed by atoms with E-state index < -0.39 is 0 Å². The number of benzene rings is 1. The van der Waals surface area contributed by atoms with Gasteiger partial charge >= 0.3 is 0 Å². The molecule has 5 nitrogen and oxygen atoms in total. The molecular weight excluding hydrogens is 276 g/mol. The normalized spacial score (nSPS) is 18.0. The fourth-order valence-corrected chi connectivity index (χ4v) is 2.92. The zero-order valence-corrected chi connectivity index (χ0v) is 13.2. The molecule has 2 heterocycles. The Morgan fingerprint density at radius 3 is 2.86 bits per heavy atom. The van der Waals surface area contributed by atoms with E-state index in [4.69, 9.17) is 14.8 Å². The van der Waals surface area contributed by atoms with Crippen molar-refractivity contribution in [1.29, 1.82) is 0 Å². The fourth-order valence-electron chi connectivity index (χ4n) is 2.92. The second kappa shape index (κ2) is 7.51. The van der Waals surface area contributed by atoms with Crippen molar-refractivity contribution in [2.45, 2.75) is 31.7 Å². The van der Waals surface area contributed by atoms with Gasteiger partial charge in [0.25, 0.3) is 0 Å². The summed E-state index contributed by atoms with van der Waals surface area (Å²) in [7, 11) is 1.72. The summed E-state index contributed by atoms with van der Waals surface area (Å²) in [5, 5.41) is 8.12. The minimum atomic E-state index is 0.486. The summed E-state index contributed by atoms with van der Waals surface area (Å²) in [5.74, 6) is 2.52. The van der Waals surface area contributed by atoms with E-state index in [-0.39, 0.29) is 0 Å². The van der Waals surface area contributed by atoms with E-state index in [9.17, 15) is 0 Å². The van der Waals surface area contributed by atoms with Crippen LogP contribution in [0.3, 0.4) is 0 Å². The van der Waals surface area contributed by atoms with E-state index in [2.05, 4.69) is 40.3 Å². The highest BCUT2D eigenvalue weighted by Gasteiger charge is 2.23. The number of hydrogen-bond acceptors (Lipinski definition) is 4. The Hall–Kier alpha value is -1.72. The molecule has 1 aliphatic heterocycles. The summed E-state index contributed by atoms with van der Waals surface area (Å²) < 4.78 is 7.25. The Morgan fingerprint density at radius 2 is 2.14 bits per heavy atom. The third kappa shape index (κ3) is 3.72. The topological polar surface area (TPSA) is 52.0 Å². The summed E-state index contributed by atoms with van der Waals surface area (Å²) in [5.41, 5.74) is 1.34. The Labute approximate surface area is 131 Å². The predicted molar refractivity (Wildman–Crippen MR) is 86.0 cm³/mol. The van der Waals surface area contributed by atoms with E-state index in [1.54, 1.807) is 7.11 Å². The van der Waals surface area contributed by atoms with Crippen LogP contribution in [0.15, 0.2) is 30.3 Å². The van der Waals surface area contributed by atoms with Gasteiger partial charge < -0.3 is 10.1 Å². The quantitative estimate of drug-likeness (QED) is 0.847. The lowest BCUT2D eigenvalue weighted by Crippen LogP contribution is -2.14. The van der Waals surface area contributed by atoms with Crippen LogP contribution in [-0.2, 0) is 24.1 Å². The number of aryl methyl sites for hydroxylation is 2. The Kier molecular flexibility index (Phi) is 5.19. The Morgan fingerprint density at radius 1 is 1.27 bits per heavy atom. The lowest BCUT2D eigenvalue weighted by Gasteiger charge is -2.10. The highest BCUT2D eigenvalue weighted by atomic mass is 16.5. The van der Waals surface area contributed by atoms with Gasteiger partial charge in [-0.3, -0.25) is 0 Å². The van der Waals surface area contributed by atoms with Crippen LogP contribution in [-0.4, -0.2) is 41.6 Å². The van der Waals surface area contributed by atoms with Crippen molar-refractivity contribution in [1.82, 2.24) is 20.1 Å². The zero-order valence-electron chi connectivity index (χ0n) is 13.2. The molecule has 1 aliphatic rings. The molecule has 118 valence electrons. The molecule has 5 heteroatoms. The molecule has 1 aromatic carbocycles. The number of nitrogens with one attached hydrogen (secondary N) is 1. The van der Waals surface area contributed by atoms with Crippen LogP contribution in [0, 0.1) is 0 Å². The number of nitrogens with zero attached hydrogens (tertiary/aromatic N) is 3. The van der Waals surface area contributed by atoms with Crippen molar-refractivity contribution >= 4 is 0 Å². The number of methoxy groups -OCH3 is 1. The van der Waals surface area contributed by atoms with Crippen LogP contribution in [0.5, 0.6) is 0 Å². The maximum Gasteiger partial charge on any atom is 0.153 e. The third-order valence-corrected chi connectivity index (χ3v) is 4.15. The van der Waals surface area contributed by atoms with Crippen LogP contribution in [0.1, 0.15) is 29.6 Å². The first-order chi connectivity index (χ1) is 10.9. The van der Waals surface area contributed by atoms with E-state index in [0.29, 0.717) is 12.5 Å². The molecule has 22 heavy (non-hydrogen) atoms. The van der Waals surface area contributed by atoms with Crippen molar-refractivity contribution < 1.29 is 4.74 Å². The first kappa shape index (κ1) is 15.2. The van der Waals surface area contributed by atoms with Gasteiger partial charge in [-0.1, -0.05) is 30.3 Å². The van der Waals surface area contributed by atoms with Crippen molar-refractivity contribution in [3.8, 4) is 0 Å². The fraction of sp³-hybridized carbons (Fsp3) is 0.529. The lowest BCUT2D eigenvalue weighted by molar-refractivity contribution is 0.200. The molecule has 1 unspecified atom stereocenters. The average Bonchev–Trinajstić information content (AvgIpc) is 3.21. The summed E-state index contributed by atoms with van der Waals surface area (Å²) >= 11 is 0. The summed E-state index contributed by atoms with van der Waals surface area (Å²) in [6.45, 7) is 3.64. The van der Waals surface area contributed by atoms with Crippen molar-refractivity contribution in [3.63, 3.8) is 0 Å². The minimum Gasteiger partial charge on any atom is -0.384 e. The first-order valence-corrected chi connectivity index (χ1v) is 8.04. The van der Waals surface area contributed by atoms with Crippen LogP contribution in [0.4, 0.5) is 0 Å². The summed E-state index contributed by atoms with van der Waals surface area (Å²) in [4.78, 5) is 4.77. The van der Waals surface area contributed by atoms with E-state index in [1.807, 2.05) is 0 Å². The maximum atomic E-state index is 5.15. The molecular formula is C17H24N4O. The Bertz CT molecular complexity index is 576. The molecule has 0 aliphatic carbocycles. The summed E-state index contributed by atoms with van der Waals surface area (Å²) in [6, 6.07) is 10.6. The molecule has 2 aromatic rings. The maximum absolute atomic E-state index is 5.15. The molecule has 3 rings (SSSR count). The van der Waals surface area contributed by atoms with Crippen LogP contribution < -0.4 is 5.32 Å². The number of hydrogen-bond donors (Lipinski definition) is 1. The van der Waals surface area contributed by atoms with Gasteiger partial charge in [0.2, 0.25) is 0 Å². The van der Waals surface area contributed by atoms with Gasteiger partial charge in [0.15, 0.2) is 5.82 Å². The van der Waals surface area contributed by atoms with Crippen LogP contribution >= 0.6 is 0 Å². The molecule has 1 atom stereocenters. The van der Waals surface area contributed by atoms with E-state index >= 15 is 0 Å². The standard InChI is InChI=1S/C17H24N4O/c1-22-12-9-16-19-17(15-7-10-18-13-15)21(20-16)11-8-14-5-3-2-4-6-14/h2-6,15,18H,7-13H2,1H3. The third-order valence-electron chi connectivity index (χ3n) is 4.15. The predicted octanol–water partition coefficient (Wildman–Crippen LogP) is 1.79. The zero-order chi connectivity index (χ0) is 15.2. The number of rotatable bonds is 7. The van der Waals surface area contributed by atoms with Gasteiger partial charge in [-0.2, -0.15) is 5.10 Å². The number of ether oxygens (including phenoxy) is 1. The highest BCUT2D eigenvalue weighted by molar-refractivity contribution is 5.15. The lowest BCUT2D eigenvalue weighted by atomic mass is 10.1.